The van der Waals surface area contributed by atoms with Crippen LogP contribution in [0.25, 0.3) is 0 Å². The number of urea groups is 1. The Morgan fingerprint density at radius 3 is 2.27 bits per heavy atom. The van der Waals surface area contributed by atoms with Gasteiger partial charge in [0, 0.05) is 17.8 Å². The summed E-state index contributed by atoms with van der Waals surface area (Å²) < 4.78 is 53.0. The number of benzene rings is 2. The lowest BCUT2D eigenvalue weighted by molar-refractivity contribution is -0.120. The van der Waals surface area contributed by atoms with Crippen molar-refractivity contribution in [2.24, 2.45) is 0 Å². The van der Waals surface area contributed by atoms with Crippen LogP contribution < -0.4 is 20.7 Å². The molecule has 4 N–H and O–H groups in total. The number of hydrogen-bond acceptors (Lipinski definition) is 5. The maximum atomic E-state index is 13.3. The molecular formula is C18H16F2N4O5S. The van der Waals surface area contributed by atoms with Crippen LogP contribution in [0, 0.1) is 11.6 Å². The molecule has 1 atom stereocenters. The van der Waals surface area contributed by atoms with E-state index in [4.69, 9.17) is 0 Å². The van der Waals surface area contributed by atoms with Gasteiger partial charge < -0.3 is 10.6 Å². The number of carbonyl (C=O) groups excluding carboxylic acids is 3. The van der Waals surface area contributed by atoms with Gasteiger partial charge >= 0.3 is 6.03 Å². The molecule has 12 heteroatoms. The molecular weight excluding hydrogens is 422 g/mol. The minimum atomic E-state index is -4.13. The third-order valence-electron chi connectivity index (χ3n) is 4.14. The van der Waals surface area contributed by atoms with Gasteiger partial charge in [-0.15, -0.1) is 0 Å². The van der Waals surface area contributed by atoms with Gasteiger partial charge in [-0.3, -0.25) is 19.6 Å². The molecule has 1 fully saturated rings. The molecule has 1 unspecified atom stereocenters. The number of rotatable bonds is 7. The minimum absolute atomic E-state index is 0.0249. The Morgan fingerprint density at radius 2 is 1.67 bits per heavy atom. The predicted molar refractivity (Wildman–Crippen MR) is 102 cm³/mol. The van der Waals surface area contributed by atoms with Gasteiger partial charge in [0.25, 0.3) is 15.9 Å². The van der Waals surface area contributed by atoms with Crippen LogP contribution >= 0.6 is 0 Å². The molecule has 3 rings (SSSR count). The van der Waals surface area contributed by atoms with Gasteiger partial charge in [0.15, 0.2) is 11.6 Å². The maximum absolute atomic E-state index is 13.3. The summed E-state index contributed by atoms with van der Waals surface area (Å²) >= 11 is 0. The molecule has 2 aromatic rings. The highest BCUT2D eigenvalue weighted by Gasteiger charge is 2.29. The first-order valence-electron chi connectivity index (χ1n) is 8.63. The van der Waals surface area contributed by atoms with E-state index in [1.54, 1.807) is 0 Å². The Balaban J connectivity index is 1.56. The second kappa shape index (κ2) is 8.45. The van der Waals surface area contributed by atoms with Crippen molar-refractivity contribution in [2.45, 2.75) is 23.8 Å². The van der Waals surface area contributed by atoms with Crippen molar-refractivity contribution in [3.05, 3.63) is 54.1 Å². The summed E-state index contributed by atoms with van der Waals surface area (Å²) in [5.74, 6) is -3.35. The Labute approximate surface area is 169 Å². The SMILES string of the molecule is O=C(CCC1NC(=O)NC1=O)Nc1ccc(NS(=O)(=O)c2ccc(F)c(F)c2)cc1. The van der Waals surface area contributed by atoms with Crippen LogP contribution in [0.5, 0.6) is 0 Å². The Kier molecular flexibility index (Phi) is 5.96. The molecule has 0 saturated carbocycles. The van der Waals surface area contributed by atoms with Crippen molar-refractivity contribution in [3.63, 3.8) is 0 Å². The van der Waals surface area contributed by atoms with Gasteiger partial charge in [0.1, 0.15) is 6.04 Å². The zero-order valence-corrected chi connectivity index (χ0v) is 16.1. The summed E-state index contributed by atoms with van der Waals surface area (Å²) in [6.07, 6.45) is 0.0956. The number of amides is 4. The molecule has 0 spiro atoms. The van der Waals surface area contributed by atoms with Gasteiger partial charge in [-0.05, 0) is 48.9 Å². The van der Waals surface area contributed by atoms with E-state index in [2.05, 4.69) is 20.7 Å². The maximum Gasteiger partial charge on any atom is 0.322 e. The van der Waals surface area contributed by atoms with Gasteiger partial charge in [-0.1, -0.05) is 0 Å². The van der Waals surface area contributed by atoms with Crippen molar-refractivity contribution in [2.75, 3.05) is 10.0 Å². The molecule has 0 aliphatic carbocycles. The number of hydrogen-bond donors (Lipinski definition) is 4. The van der Waals surface area contributed by atoms with E-state index < -0.39 is 50.4 Å². The molecule has 0 radical (unpaired) electrons. The Bertz CT molecular complexity index is 1110. The Morgan fingerprint density at radius 1 is 1.00 bits per heavy atom. The molecule has 30 heavy (non-hydrogen) atoms. The van der Waals surface area contributed by atoms with E-state index in [9.17, 15) is 31.6 Å². The van der Waals surface area contributed by atoms with Gasteiger partial charge in [-0.2, -0.15) is 0 Å². The van der Waals surface area contributed by atoms with Crippen LogP contribution in [0.4, 0.5) is 25.0 Å². The third-order valence-corrected chi connectivity index (χ3v) is 5.52. The standard InChI is InChI=1S/C18H16F2N4O5S/c19-13-6-5-12(9-14(13)20)30(28,29)24-11-3-1-10(2-4-11)21-16(25)8-7-15-17(26)23-18(27)22-15/h1-6,9,15,24H,7-8H2,(H,21,25)(H2,22,23,26,27). The van der Waals surface area contributed by atoms with E-state index in [0.717, 1.165) is 6.07 Å². The quantitative estimate of drug-likeness (QED) is 0.488. The molecule has 2 aromatic carbocycles. The predicted octanol–water partition coefficient (Wildman–Crippen LogP) is 1.69. The summed E-state index contributed by atoms with van der Waals surface area (Å²) in [7, 11) is -4.13. The lowest BCUT2D eigenvalue weighted by Crippen LogP contribution is -2.30. The number of halogens is 2. The number of nitrogens with one attached hydrogen (secondary N) is 4. The van der Waals surface area contributed by atoms with E-state index in [1.807, 2.05) is 0 Å². The van der Waals surface area contributed by atoms with E-state index in [-0.39, 0.29) is 18.5 Å². The topological polar surface area (TPSA) is 133 Å². The Hall–Kier alpha value is -3.54. The molecule has 0 aromatic heterocycles. The average molecular weight is 438 g/mol. The number of imide groups is 1. The summed E-state index contributed by atoms with van der Waals surface area (Å²) in [5.41, 5.74) is 0.513. The summed E-state index contributed by atoms with van der Waals surface area (Å²) in [5, 5.41) is 7.03. The first kappa shape index (κ1) is 21.2. The summed E-state index contributed by atoms with van der Waals surface area (Å²) in [4.78, 5) is 34.0. The van der Waals surface area contributed by atoms with E-state index in [0.29, 0.717) is 17.8 Å². The fourth-order valence-corrected chi connectivity index (χ4v) is 3.71. The highest BCUT2D eigenvalue weighted by Crippen LogP contribution is 2.20. The van der Waals surface area contributed by atoms with Crippen molar-refractivity contribution < 1.29 is 31.6 Å². The molecule has 4 amide bonds. The van der Waals surface area contributed by atoms with Gasteiger partial charge in [0.05, 0.1) is 4.90 Å². The van der Waals surface area contributed by atoms with Crippen LogP contribution in [-0.2, 0) is 19.6 Å². The fraction of sp³-hybridized carbons (Fsp3) is 0.167. The molecule has 1 saturated heterocycles. The summed E-state index contributed by atoms with van der Waals surface area (Å²) in [6, 6.07) is 6.46. The highest BCUT2D eigenvalue weighted by molar-refractivity contribution is 7.92. The number of carbonyl (C=O) groups is 3. The van der Waals surface area contributed by atoms with Crippen molar-refractivity contribution in [1.29, 1.82) is 0 Å². The first-order valence-corrected chi connectivity index (χ1v) is 10.1. The van der Waals surface area contributed by atoms with Crippen molar-refractivity contribution >= 4 is 39.2 Å². The molecule has 0 bridgehead atoms. The van der Waals surface area contributed by atoms with Crippen molar-refractivity contribution in [1.82, 2.24) is 10.6 Å². The second-order valence-electron chi connectivity index (χ2n) is 6.36. The van der Waals surface area contributed by atoms with Crippen LogP contribution in [-0.4, -0.2) is 32.3 Å². The molecule has 1 aliphatic rings. The van der Waals surface area contributed by atoms with E-state index >= 15 is 0 Å². The highest BCUT2D eigenvalue weighted by atomic mass is 32.2. The zero-order chi connectivity index (χ0) is 21.9. The van der Waals surface area contributed by atoms with E-state index in [1.165, 1.54) is 24.3 Å². The smallest absolute Gasteiger partial charge is 0.322 e. The lowest BCUT2D eigenvalue weighted by Gasteiger charge is -2.10. The normalized spacial score (nSPS) is 16.0. The average Bonchev–Trinajstić information content (AvgIpc) is 3.00. The number of sulfonamides is 1. The third kappa shape index (κ3) is 5.08. The zero-order valence-electron chi connectivity index (χ0n) is 15.2. The summed E-state index contributed by atoms with van der Waals surface area (Å²) in [6.45, 7) is 0. The largest absolute Gasteiger partial charge is 0.326 e. The molecule has 1 aliphatic heterocycles. The molecule has 158 valence electrons. The number of anilines is 2. The van der Waals surface area contributed by atoms with Gasteiger partial charge in [-0.25, -0.2) is 22.0 Å². The van der Waals surface area contributed by atoms with Crippen LogP contribution in [0.15, 0.2) is 47.4 Å². The lowest BCUT2D eigenvalue weighted by atomic mass is 10.1. The first-order chi connectivity index (χ1) is 14.1. The van der Waals surface area contributed by atoms with Crippen molar-refractivity contribution in [3.8, 4) is 0 Å². The minimum Gasteiger partial charge on any atom is -0.326 e. The second-order valence-corrected chi connectivity index (χ2v) is 8.04. The van der Waals surface area contributed by atoms with Crippen LogP contribution in [0.2, 0.25) is 0 Å². The fourth-order valence-electron chi connectivity index (χ4n) is 2.64. The van der Waals surface area contributed by atoms with Gasteiger partial charge in [0.2, 0.25) is 5.91 Å². The molecule has 1 heterocycles. The van der Waals surface area contributed by atoms with Crippen LogP contribution in [0.3, 0.4) is 0 Å². The monoisotopic (exact) mass is 438 g/mol. The molecule has 9 nitrogen and oxygen atoms in total. The van der Waals surface area contributed by atoms with Crippen LogP contribution in [0.1, 0.15) is 12.8 Å².